The third-order valence-electron chi connectivity index (χ3n) is 7.62. The molecule has 0 spiro atoms. The topological polar surface area (TPSA) is 88.6 Å². The zero-order valence-electron chi connectivity index (χ0n) is 23.8. The lowest BCUT2D eigenvalue weighted by Gasteiger charge is -2.36. The number of H-pyrrole nitrogens is 1. The number of aromatic amines is 1. The summed E-state index contributed by atoms with van der Waals surface area (Å²) in [6, 6.07) is 10.7. The summed E-state index contributed by atoms with van der Waals surface area (Å²) in [4.78, 5) is 29.8. The molecule has 0 bridgehead atoms. The SMILES string of the molecule is COc1cc(C)[nH]c(=O)c1CNCc1c(C)n(C(C)C2CCN(C(=O)OC(C)(C)C)CC2)c2ccccc12. The smallest absolute Gasteiger partial charge is 0.410 e. The third kappa shape index (κ3) is 5.90. The van der Waals surface area contributed by atoms with Gasteiger partial charge >= 0.3 is 6.09 Å². The van der Waals surface area contributed by atoms with E-state index in [1.165, 1.54) is 22.2 Å². The maximum Gasteiger partial charge on any atom is 0.410 e. The molecule has 1 unspecified atom stereocenters. The number of nitrogens with zero attached hydrogens (tertiary/aromatic N) is 2. The number of pyridine rings is 1. The molecule has 2 aromatic heterocycles. The van der Waals surface area contributed by atoms with E-state index in [4.69, 9.17) is 9.47 Å². The van der Waals surface area contributed by atoms with E-state index in [-0.39, 0.29) is 17.7 Å². The van der Waals surface area contributed by atoms with Crippen molar-refractivity contribution in [2.45, 2.75) is 79.1 Å². The van der Waals surface area contributed by atoms with Crippen LogP contribution in [0.3, 0.4) is 0 Å². The number of piperidine rings is 1. The van der Waals surface area contributed by atoms with Crippen LogP contribution in [-0.2, 0) is 17.8 Å². The quantitative estimate of drug-likeness (QED) is 0.431. The minimum atomic E-state index is -0.481. The van der Waals surface area contributed by atoms with Crippen molar-refractivity contribution in [1.82, 2.24) is 19.8 Å². The Morgan fingerprint density at radius 3 is 2.45 bits per heavy atom. The molecule has 1 saturated heterocycles. The molecule has 1 atom stereocenters. The van der Waals surface area contributed by atoms with E-state index in [1.807, 2.05) is 38.7 Å². The number of carbonyl (C=O) groups excluding carboxylic acids is 1. The van der Waals surface area contributed by atoms with Crippen molar-refractivity contribution in [2.75, 3.05) is 20.2 Å². The summed E-state index contributed by atoms with van der Waals surface area (Å²) in [6.45, 7) is 14.5. The van der Waals surface area contributed by atoms with E-state index in [0.717, 1.165) is 18.5 Å². The lowest BCUT2D eigenvalue weighted by Crippen LogP contribution is -2.42. The number of aryl methyl sites for hydroxylation is 1. The molecule has 1 fully saturated rings. The second-order valence-electron chi connectivity index (χ2n) is 11.4. The minimum absolute atomic E-state index is 0.125. The Hall–Kier alpha value is -3.26. The largest absolute Gasteiger partial charge is 0.496 e. The molecule has 3 aromatic rings. The number of hydrogen-bond donors (Lipinski definition) is 2. The molecule has 0 radical (unpaired) electrons. The number of ether oxygens (including phenoxy) is 2. The first-order chi connectivity index (χ1) is 18.0. The van der Waals surface area contributed by atoms with Gasteiger partial charge in [0.15, 0.2) is 0 Å². The van der Waals surface area contributed by atoms with Gasteiger partial charge in [-0.3, -0.25) is 4.79 Å². The monoisotopic (exact) mass is 522 g/mol. The number of fused-ring (bicyclic) bond motifs is 1. The van der Waals surface area contributed by atoms with Gasteiger partial charge in [-0.1, -0.05) is 18.2 Å². The fourth-order valence-electron chi connectivity index (χ4n) is 5.66. The molecule has 38 heavy (non-hydrogen) atoms. The fraction of sp³-hybridized carbons (Fsp3) is 0.533. The standard InChI is InChI=1S/C30H42N4O4/c1-19-16-27(37-7)25(28(35)32-19)18-31-17-24-21(3)34(26-11-9-8-10-23(24)26)20(2)22-12-14-33(15-13-22)29(36)38-30(4,5)6/h8-11,16,20,22,31H,12-15,17-18H2,1-7H3,(H,32,35). The van der Waals surface area contributed by atoms with Crippen LogP contribution in [0.2, 0.25) is 0 Å². The van der Waals surface area contributed by atoms with E-state index in [2.05, 4.69) is 53.0 Å². The molecule has 3 heterocycles. The molecule has 2 N–H and O–H groups in total. The number of nitrogens with one attached hydrogen (secondary N) is 2. The van der Waals surface area contributed by atoms with E-state index >= 15 is 0 Å². The second kappa shape index (κ2) is 11.2. The van der Waals surface area contributed by atoms with Crippen molar-refractivity contribution in [1.29, 1.82) is 0 Å². The number of benzene rings is 1. The molecular weight excluding hydrogens is 480 g/mol. The molecule has 1 amide bonds. The van der Waals surface area contributed by atoms with Crippen LogP contribution >= 0.6 is 0 Å². The van der Waals surface area contributed by atoms with Crippen molar-refractivity contribution in [3.63, 3.8) is 0 Å². The van der Waals surface area contributed by atoms with Gasteiger partial charge in [-0.2, -0.15) is 0 Å². The number of para-hydroxylation sites is 1. The van der Waals surface area contributed by atoms with Gasteiger partial charge in [0.25, 0.3) is 5.56 Å². The average molecular weight is 523 g/mol. The molecular formula is C30H42N4O4. The van der Waals surface area contributed by atoms with Gasteiger partial charge in [-0.05, 0) is 78.0 Å². The first kappa shape index (κ1) is 27.8. The van der Waals surface area contributed by atoms with Crippen LogP contribution in [0.25, 0.3) is 10.9 Å². The second-order valence-corrected chi connectivity index (χ2v) is 11.4. The van der Waals surface area contributed by atoms with E-state index in [9.17, 15) is 9.59 Å². The Balaban J connectivity index is 1.50. The Morgan fingerprint density at radius 1 is 1.13 bits per heavy atom. The average Bonchev–Trinajstić information content (AvgIpc) is 3.14. The van der Waals surface area contributed by atoms with E-state index in [0.29, 0.717) is 43.4 Å². The number of amides is 1. The molecule has 206 valence electrons. The van der Waals surface area contributed by atoms with Gasteiger partial charge in [0.2, 0.25) is 0 Å². The number of carbonyl (C=O) groups is 1. The number of rotatable bonds is 7. The first-order valence-corrected chi connectivity index (χ1v) is 13.5. The van der Waals surface area contributed by atoms with Crippen molar-refractivity contribution in [3.05, 3.63) is 63.2 Å². The van der Waals surface area contributed by atoms with Gasteiger partial charge in [-0.25, -0.2) is 4.79 Å². The zero-order valence-corrected chi connectivity index (χ0v) is 23.8. The van der Waals surface area contributed by atoms with E-state index < -0.39 is 5.60 Å². The summed E-state index contributed by atoms with van der Waals surface area (Å²) in [7, 11) is 1.59. The minimum Gasteiger partial charge on any atom is -0.496 e. The Labute approximate surface area is 225 Å². The van der Waals surface area contributed by atoms with Crippen molar-refractivity contribution < 1.29 is 14.3 Å². The number of aromatic nitrogens is 2. The summed E-state index contributed by atoms with van der Waals surface area (Å²) in [5.41, 5.74) is 4.46. The van der Waals surface area contributed by atoms with Crippen LogP contribution in [0.1, 0.15) is 69.1 Å². The molecule has 8 heteroatoms. The number of likely N-dealkylation sites (tertiary alicyclic amines) is 1. The summed E-state index contributed by atoms with van der Waals surface area (Å²) >= 11 is 0. The lowest BCUT2D eigenvalue weighted by atomic mass is 9.90. The third-order valence-corrected chi connectivity index (χ3v) is 7.62. The summed E-state index contributed by atoms with van der Waals surface area (Å²) in [5.74, 6) is 1.06. The predicted octanol–water partition coefficient (Wildman–Crippen LogP) is 5.45. The maximum absolute atomic E-state index is 12.5. The molecule has 8 nitrogen and oxygen atoms in total. The van der Waals surface area contributed by atoms with Crippen LogP contribution in [0.5, 0.6) is 5.75 Å². The molecule has 0 aliphatic carbocycles. The molecule has 1 aliphatic rings. The van der Waals surface area contributed by atoms with Crippen LogP contribution in [0.15, 0.2) is 35.1 Å². The van der Waals surface area contributed by atoms with Crippen LogP contribution in [-0.4, -0.2) is 46.3 Å². The first-order valence-electron chi connectivity index (χ1n) is 13.5. The number of hydrogen-bond acceptors (Lipinski definition) is 5. The highest BCUT2D eigenvalue weighted by atomic mass is 16.6. The molecule has 1 aromatic carbocycles. The zero-order chi connectivity index (χ0) is 27.6. The molecule has 0 saturated carbocycles. The summed E-state index contributed by atoms with van der Waals surface area (Å²) < 4.78 is 13.5. The van der Waals surface area contributed by atoms with Gasteiger partial charge < -0.3 is 29.2 Å². The molecule has 1 aliphatic heterocycles. The highest BCUT2D eigenvalue weighted by Crippen LogP contribution is 2.36. The van der Waals surface area contributed by atoms with Crippen LogP contribution < -0.4 is 15.6 Å². The maximum atomic E-state index is 12.5. The summed E-state index contributed by atoms with van der Waals surface area (Å²) in [6.07, 6.45) is 1.66. The van der Waals surface area contributed by atoms with Gasteiger partial charge in [0.1, 0.15) is 11.4 Å². The van der Waals surface area contributed by atoms with E-state index in [1.54, 1.807) is 7.11 Å². The fourth-order valence-corrected chi connectivity index (χ4v) is 5.66. The van der Waals surface area contributed by atoms with Gasteiger partial charge in [0, 0.05) is 54.5 Å². The van der Waals surface area contributed by atoms with Crippen molar-refractivity contribution in [2.24, 2.45) is 5.92 Å². The van der Waals surface area contributed by atoms with Crippen molar-refractivity contribution >= 4 is 17.0 Å². The normalized spacial score (nSPS) is 15.6. The van der Waals surface area contributed by atoms with Crippen molar-refractivity contribution in [3.8, 4) is 5.75 Å². The molecule has 4 rings (SSSR count). The van der Waals surface area contributed by atoms with Gasteiger partial charge in [0.05, 0.1) is 12.7 Å². The Bertz CT molecular complexity index is 1340. The Morgan fingerprint density at radius 2 is 1.79 bits per heavy atom. The van der Waals surface area contributed by atoms with Crippen LogP contribution in [0, 0.1) is 19.8 Å². The lowest BCUT2D eigenvalue weighted by molar-refractivity contribution is 0.0166. The predicted molar refractivity (Wildman–Crippen MR) is 151 cm³/mol. The van der Waals surface area contributed by atoms with Gasteiger partial charge in [-0.15, -0.1) is 0 Å². The number of methoxy groups -OCH3 is 1. The summed E-state index contributed by atoms with van der Waals surface area (Å²) in [5, 5.41) is 4.71. The van der Waals surface area contributed by atoms with Crippen LogP contribution in [0.4, 0.5) is 4.79 Å². The highest BCUT2D eigenvalue weighted by molar-refractivity contribution is 5.85. The Kier molecular flexibility index (Phi) is 8.21. The highest BCUT2D eigenvalue weighted by Gasteiger charge is 2.31.